The van der Waals surface area contributed by atoms with E-state index in [0.717, 1.165) is 0 Å². The minimum Gasteiger partial charge on any atom is -0.444 e. The second-order valence-electron chi connectivity index (χ2n) is 6.61. The normalized spacial score (nSPS) is 11.7. The second-order valence-corrected chi connectivity index (χ2v) is 6.61. The van der Waals surface area contributed by atoms with Gasteiger partial charge in [-0.05, 0) is 26.3 Å². The third-order valence-electron chi connectivity index (χ3n) is 4.62. The summed E-state index contributed by atoms with van der Waals surface area (Å²) in [6.45, 7) is 4.86. The lowest BCUT2D eigenvalue weighted by molar-refractivity contribution is 0.0274. The molecule has 1 aromatic heterocycles. The zero-order valence-corrected chi connectivity index (χ0v) is 16.0. The monoisotopic (exact) mass is 375 g/mol. The van der Waals surface area contributed by atoms with E-state index in [2.05, 4.69) is 4.98 Å². The first kappa shape index (κ1) is 19.3. The van der Waals surface area contributed by atoms with Crippen molar-refractivity contribution >= 4 is 17.5 Å². The van der Waals surface area contributed by atoms with Gasteiger partial charge in [0, 0.05) is 22.4 Å². The molecule has 2 aromatic carbocycles. The maximum absolute atomic E-state index is 13.0. The summed E-state index contributed by atoms with van der Waals surface area (Å²) >= 11 is 0. The summed E-state index contributed by atoms with van der Waals surface area (Å²) in [5.74, 6) is -1.12. The Balaban J connectivity index is 1.97. The maximum atomic E-state index is 13.0. The molecule has 3 rings (SSSR count). The third kappa shape index (κ3) is 3.78. The Morgan fingerprint density at radius 3 is 2.00 bits per heavy atom. The molecule has 3 aromatic rings. The molecule has 0 fully saturated rings. The van der Waals surface area contributed by atoms with Gasteiger partial charge in [0.25, 0.3) is 0 Å². The van der Waals surface area contributed by atoms with Crippen LogP contribution >= 0.6 is 0 Å². The lowest BCUT2D eigenvalue weighted by Crippen LogP contribution is -2.21. The molecule has 0 radical (unpaired) electrons. The van der Waals surface area contributed by atoms with E-state index in [1.54, 1.807) is 62.4 Å². The minimum atomic E-state index is -1.08. The molecule has 0 amide bonds. The number of benzene rings is 2. The Morgan fingerprint density at radius 1 is 0.893 bits per heavy atom. The van der Waals surface area contributed by atoms with Crippen LogP contribution in [0.3, 0.4) is 0 Å². The number of hydrogen-bond donors (Lipinski definition) is 1. The molecule has 1 atom stereocenters. The largest absolute Gasteiger partial charge is 0.444 e. The topological polar surface area (TPSA) is 76.2 Å². The number of nitrogens with one attached hydrogen (secondary N) is 1. The molecule has 0 unspecified atom stereocenters. The number of rotatable bonds is 6. The molecule has 1 heterocycles. The smallest absolute Gasteiger partial charge is 0.356 e. The lowest BCUT2D eigenvalue weighted by Gasteiger charge is -2.17. The van der Waals surface area contributed by atoms with E-state index < -0.39 is 12.1 Å². The first-order valence-corrected chi connectivity index (χ1v) is 8.95. The number of carbonyl (C=O) groups excluding carboxylic acids is 3. The van der Waals surface area contributed by atoms with Gasteiger partial charge in [0.05, 0.1) is 0 Å². The highest BCUT2D eigenvalue weighted by atomic mass is 16.5. The lowest BCUT2D eigenvalue weighted by atomic mass is 9.99. The maximum Gasteiger partial charge on any atom is 0.356 e. The first-order valence-electron chi connectivity index (χ1n) is 8.95. The molecule has 1 N–H and O–H groups in total. The van der Waals surface area contributed by atoms with Gasteiger partial charge in [-0.15, -0.1) is 0 Å². The summed E-state index contributed by atoms with van der Waals surface area (Å²) in [5.41, 5.74) is 2.81. The first-order chi connectivity index (χ1) is 13.4. The standard InChI is InChI=1S/C23H21NO4/c1-14-19(16(3)25)15(2)24-20(14)23(27)28-22(18-12-8-5-9-13-18)21(26)17-10-6-4-7-11-17/h4-13,22,24H,1-3H3/t22-/m0/s1. The molecule has 0 spiro atoms. The fourth-order valence-corrected chi connectivity index (χ4v) is 3.30. The van der Waals surface area contributed by atoms with Crippen molar-refractivity contribution in [3.05, 3.63) is 94.3 Å². The van der Waals surface area contributed by atoms with Gasteiger partial charge in [0.2, 0.25) is 5.78 Å². The predicted molar refractivity (Wildman–Crippen MR) is 106 cm³/mol. The molecule has 0 aliphatic heterocycles. The Kier molecular flexibility index (Phi) is 5.54. The number of esters is 1. The number of aromatic nitrogens is 1. The van der Waals surface area contributed by atoms with Crippen molar-refractivity contribution in [3.8, 4) is 0 Å². The molecular formula is C23H21NO4. The Bertz CT molecular complexity index is 1020. The number of hydrogen-bond acceptors (Lipinski definition) is 4. The summed E-state index contributed by atoms with van der Waals surface area (Å²) < 4.78 is 5.64. The van der Waals surface area contributed by atoms with Gasteiger partial charge in [0.1, 0.15) is 5.69 Å². The van der Waals surface area contributed by atoms with Crippen molar-refractivity contribution in [2.45, 2.75) is 26.9 Å². The highest BCUT2D eigenvalue weighted by Crippen LogP contribution is 2.26. The van der Waals surface area contributed by atoms with Crippen LogP contribution in [0.4, 0.5) is 0 Å². The molecule has 0 saturated heterocycles. The van der Waals surface area contributed by atoms with Crippen LogP contribution in [0, 0.1) is 13.8 Å². The number of aryl methyl sites for hydroxylation is 1. The fourth-order valence-electron chi connectivity index (χ4n) is 3.30. The van der Waals surface area contributed by atoms with Crippen LogP contribution in [0.1, 0.15) is 61.1 Å². The van der Waals surface area contributed by atoms with Crippen LogP contribution in [0.15, 0.2) is 60.7 Å². The highest BCUT2D eigenvalue weighted by molar-refractivity contribution is 6.04. The van der Waals surface area contributed by atoms with Crippen LogP contribution in [0.2, 0.25) is 0 Å². The van der Waals surface area contributed by atoms with Gasteiger partial charge in [-0.25, -0.2) is 4.79 Å². The van der Waals surface area contributed by atoms with Crippen LogP contribution in [0.5, 0.6) is 0 Å². The van der Waals surface area contributed by atoms with Gasteiger partial charge in [-0.2, -0.15) is 0 Å². The third-order valence-corrected chi connectivity index (χ3v) is 4.62. The van der Waals surface area contributed by atoms with Crippen molar-refractivity contribution in [1.82, 2.24) is 4.98 Å². The molecule has 142 valence electrons. The molecular weight excluding hydrogens is 354 g/mol. The van der Waals surface area contributed by atoms with Crippen LogP contribution in [-0.2, 0) is 4.74 Å². The summed E-state index contributed by atoms with van der Waals surface area (Å²) in [7, 11) is 0. The summed E-state index contributed by atoms with van der Waals surface area (Å²) in [5, 5.41) is 0. The van der Waals surface area contributed by atoms with E-state index >= 15 is 0 Å². The van der Waals surface area contributed by atoms with E-state index in [0.29, 0.717) is 27.9 Å². The van der Waals surface area contributed by atoms with E-state index in [1.165, 1.54) is 6.92 Å². The SMILES string of the molecule is CC(=O)c1c(C)[nH]c(C(=O)O[C@H](C(=O)c2ccccc2)c2ccccc2)c1C. The van der Waals surface area contributed by atoms with E-state index in [4.69, 9.17) is 4.74 Å². The number of H-pyrrole nitrogens is 1. The Labute approximate surface area is 163 Å². The molecule has 0 aliphatic carbocycles. The van der Waals surface area contributed by atoms with Gasteiger partial charge < -0.3 is 9.72 Å². The molecule has 28 heavy (non-hydrogen) atoms. The van der Waals surface area contributed by atoms with Crippen LogP contribution in [-0.4, -0.2) is 22.5 Å². The second kappa shape index (κ2) is 8.05. The highest BCUT2D eigenvalue weighted by Gasteiger charge is 2.29. The fraction of sp³-hybridized carbons (Fsp3) is 0.174. The van der Waals surface area contributed by atoms with Crippen molar-refractivity contribution in [1.29, 1.82) is 0 Å². The van der Waals surface area contributed by atoms with E-state index in [-0.39, 0.29) is 17.3 Å². The van der Waals surface area contributed by atoms with Gasteiger partial charge >= 0.3 is 5.97 Å². The predicted octanol–water partition coefficient (Wildman–Crippen LogP) is 4.62. The summed E-state index contributed by atoms with van der Waals surface area (Å²) in [6.07, 6.45) is -1.08. The number of carbonyl (C=O) groups is 3. The van der Waals surface area contributed by atoms with Crippen molar-refractivity contribution in [3.63, 3.8) is 0 Å². The van der Waals surface area contributed by atoms with E-state index in [9.17, 15) is 14.4 Å². The van der Waals surface area contributed by atoms with Crippen molar-refractivity contribution in [2.24, 2.45) is 0 Å². The Morgan fingerprint density at radius 2 is 1.46 bits per heavy atom. The number of Topliss-reactive ketones (excluding diaryl/α,β-unsaturated/α-hetero) is 2. The average Bonchev–Trinajstić information content (AvgIpc) is 3.01. The van der Waals surface area contributed by atoms with Gasteiger partial charge in [-0.3, -0.25) is 9.59 Å². The van der Waals surface area contributed by atoms with Crippen molar-refractivity contribution < 1.29 is 19.1 Å². The quantitative estimate of drug-likeness (QED) is 0.504. The molecule has 0 saturated carbocycles. The number of aromatic amines is 1. The van der Waals surface area contributed by atoms with Crippen molar-refractivity contribution in [2.75, 3.05) is 0 Å². The van der Waals surface area contributed by atoms with Crippen LogP contribution in [0.25, 0.3) is 0 Å². The number of ether oxygens (including phenoxy) is 1. The zero-order chi connectivity index (χ0) is 20.3. The number of ketones is 2. The average molecular weight is 375 g/mol. The molecule has 5 heteroatoms. The minimum absolute atomic E-state index is 0.134. The molecule has 0 bridgehead atoms. The van der Waals surface area contributed by atoms with Gasteiger partial charge in [0.15, 0.2) is 11.9 Å². The summed E-state index contributed by atoms with van der Waals surface area (Å²) in [6, 6.07) is 17.6. The molecule has 0 aliphatic rings. The Hall–Kier alpha value is -3.47. The van der Waals surface area contributed by atoms with Gasteiger partial charge in [-0.1, -0.05) is 60.7 Å². The summed E-state index contributed by atoms with van der Waals surface area (Å²) in [4.78, 5) is 40.6. The van der Waals surface area contributed by atoms with E-state index in [1.807, 2.05) is 12.1 Å². The zero-order valence-electron chi connectivity index (χ0n) is 16.0. The van der Waals surface area contributed by atoms with Crippen LogP contribution < -0.4 is 0 Å². The molecule has 5 nitrogen and oxygen atoms in total.